The van der Waals surface area contributed by atoms with Gasteiger partial charge >= 0.3 is 0 Å². The fourth-order valence-corrected chi connectivity index (χ4v) is 2.16. The lowest BCUT2D eigenvalue weighted by Gasteiger charge is -2.15. The molecule has 1 rings (SSSR count). The largest absolute Gasteiger partial charge is 0.496 e. The lowest BCUT2D eigenvalue weighted by Crippen LogP contribution is -2.20. The minimum atomic E-state index is 0.328. The van der Waals surface area contributed by atoms with E-state index in [9.17, 15) is 0 Å². The van der Waals surface area contributed by atoms with Gasteiger partial charge in [0.2, 0.25) is 0 Å². The van der Waals surface area contributed by atoms with Gasteiger partial charge in [-0.05, 0) is 53.5 Å². The monoisotopic (exact) mass is 301 g/mol. The van der Waals surface area contributed by atoms with Gasteiger partial charge in [-0.1, -0.05) is 6.07 Å². The van der Waals surface area contributed by atoms with Crippen LogP contribution in [-0.4, -0.2) is 27.4 Å². The van der Waals surface area contributed by atoms with Gasteiger partial charge in [0.25, 0.3) is 0 Å². The van der Waals surface area contributed by atoms with Gasteiger partial charge < -0.3 is 14.8 Å². The maximum atomic E-state index is 5.21. The van der Waals surface area contributed by atoms with Crippen LogP contribution >= 0.6 is 15.9 Å². The quantitative estimate of drug-likeness (QED) is 0.785. The van der Waals surface area contributed by atoms with Crippen LogP contribution in [0.5, 0.6) is 5.75 Å². The van der Waals surface area contributed by atoms with E-state index in [0.717, 1.165) is 29.8 Å². The van der Waals surface area contributed by atoms with Gasteiger partial charge in [-0.25, -0.2) is 0 Å². The van der Waals surface area contributed by atoms with Gasteiger partial charge in [0.1, 0.15) is 5.75 Å². The molecule has 0 aliphatic rings. The Morgan fingerprint density at radius 3 is 2.71 bits per heavy atom. The van der Waals surface area contributed by atoms with Crippen LogP contribution in [-0.2, 0) is 4.74 Å². The molecule has 0 saturated heterocycles. The number of hydrogen-bond donors (Lipinski definition) is 1. The van der Waals surface area contributed by atoms with Crippen molar-refractivity contribution in [1.82, 2.24) is 5.32 Å². The summed E-state index contributed by atoms with van der Waals surface area (Å²) in [4.78, 5) is 0. The predicted molar refractivity (Wildman–Crippen MR) is 73.6 cm³/mol. The molecule has 0 aliphatic heterocycles. The molecule has 1 unspecified atom stereocenters. The molecule has 0 amide bonds. The van der Waals surface area contributed by atoms with E-state index in [0.29, 0.717) is 6.04 Å². The SMILES string of the molecule is COCCCNC(C)c1ccc(OC)c(Br)c1. The highest BCUT2D eigenvalue weighted by atomic mass is 79.9. The Hall–Kier alpha value is -0.580. The summed E-state index contributed by atoms with van der Waals surface area (Å²) in [6, 6.07) is 6.48. The number of hydrogen-bond acceptors (Lipinski definition) is 3. The van der Waals surface area contributed by atoms with Crippen molar-refractivity contribution in [3.05, 3.63) is 28.2 Å². The number of methoxy groups -OCH3 is 2. The van der Waals surface area contributed by atoms with Crippen molar-refractivity contribution in [1.29, 1.82) is 0 Å². The second-order valence-corrected chi connectivity index (χ2v) is 4.77. The molecule has 0 bridgehead atoms. The highest BCUT2D eigenvalue weighted by Crippen LogP contribution is 2.27. The molecule has 1 aromatic rings. The van der Waals surface area contributed by atoms with E-state index >= 15 is 0 Å². The lowest BCUT2D eigenvalue weighted by atomic mass is 10.1. The zero-order valence-corrected chi connectivity index (χ0v) is 12.2. The number of nitrogens with one attached hydrogen (secondary N) is 1. The van der Waals surface area contributed by atoms with Crippen molar-refractivity contribution in [2.75, 3.05) is 27.4 Å². The van der Waals surface area contributed by atoms with Gasteiger partial charge in [0.15, 0.2) is 0 Å². The standard InChI is InChI=1S/C13H20BrNO2/c1-10(15-7-4-8-16-2)11-5-6-13(17-3)12(14)9-11/h5-6,9-10,15H,4,7-8H2,1-3H3. The van der Waals surface area contributed by atoms with E-state index < -0.39 is 0 Å². The van der Waals surface area contributed by atoms with Crippen molar-refractivity contribution >= 4 is 15.9 Å². The predicted octanol–water partition coefficient (Wildman–Crippen LogP) is 3.14. The number of ether oxygens (including phenoxy) is 2. The van der Waals surface area contributed by atoms with Crippen LogP contribution in [0.3, 0.4) is 0 Å². The Kier molecular flexibility index (Phi) is 6.55. The third-order valence-corrected chi connectivity index (χ3v) is 3.27. The van der Waals surface area contributed by atoms with Gasteiger partial charge in [-0.15, -0.1) is 0 Å². The molecule has 1 atom stereocenters. The van der Waals surface area contributed by atoms with E-state index in [2.05, 4.69) is 40.3 Å². The average Bonchev–Trinajstić information content (AvgIpc) is 2.34. The lowest BCUT2D eigenvalue weighted by molar-refractivity contribution is 0.193. The first kappa shape index (κ1) is 14.5. The van der Waals surface area contributed by atoms with Crippen molar-refractivity contribution in [3.8, 4) is 5.75 Å². The van der Waals surface area contributed by atoms with Gasteiger partial charge in [0.05, 0.1) is 11.6 Å². The average molecular weight is 302 g/mol. The molecule has 96 valence electrons. The maximum Gasteiger partial charge on any atom is 0.133 e. The van der Waals surface area contributed by atoms with E-state index in [1.54, 1.807) is 14.2 Å². The van der Waals surface area contributed by atoms with Crippen LogP contribution < -0.4 is 10.1 Å². The Morgan fingerprint density at radius 1 is 1.35 bits per heavy atom. The number of halogens is 1. The van der Waals surface area contributed by atoms with Crippen LogP contribution in [0.15, 0.2) is 22.7 Å². The zero-order valence-electron chi connectivity index (χ0n) is 10.6. The van der Waals surface area contributed by atoms with Crippen LogP contribution in [0.2, 0.25) is 0 Å². The third kappa shape index (κ3) is 4.66. The fourth-order valence-electron chi connectivity index (χ4n) is 1.60. The highest BCUT2D eigenvalue weighted by molar-refractivity contribution is 9.10. The molecule has 3 nitrogen and oxygen atoms in total. The Bertz CT molecular complexity index is 344. The minimum absolute atomic E-state index is 0.328. The normalized spacial score (nSPS) is 12.5. The number of benzene rings is 1. The van der Waals surface area contributed by atoms with Gasteiger partial charge in [0, 0.05) is 19.8 Å². The maximum absolute atomic E-state index is 5.21. The van der Waals surface area contributed by atoms with Crippen LogP contribution in [0.1, 0.15) is 24.9 Å². The number of rotatable bonds is 7. The van der Waals surface area contributed by atoms with Gasteiger partial charge in [-0.2, -0.15) is 0 Å². The van der Waals surface area contributed by atoms with Crippen molar-refractivity contribution in [2.24, 2.45) is 0 Å². The second-order valence-electron chi connectivity index (χ2n) is 3.92. The van der Waals surface area contributed by atoms with Crippen LogP contribution in [0, 0.1) is 0 Å². The third-order valence-electron chi connectivity index (χ3n) is 2.65. The zero-order chi connectivity index (χ0) is 12.7. The summed E-state index contributed by atoms with van der Waals surface area (Å²) >= 11 is 3.50. The Labute approximate surface area is 112 Å². The molecule has 17 heavy (non-hydrogen) atoms. The summed E-state index contributed by atoms with van der Waals surface area (Å²) in [6.45, 7) is 3.91. The van der Waals surface area contributed by atoms with E-state index in [4.69, 9.17) is 9.47 Å². The summed E-state index contributed by atoms with van der Waals surface area (Å²) in [5.41, 5.74) is 1.25. The molecule has 0 fully saturated rings. The van der Waals surface area contributed by atoms with Crippen molar-refractivity contribution in [2.45, 2.75) is 19.4 Å². The molecular formula is C13H20BrNO2. The molecule has 1 aromatic carbocycles. The molecular weight excluding hydrogens is 282 g/mol. The summed E-state index contributed by atoms with van der Waals surface area (Å²) in [5.74, 6) is 0.861. The molecule has 0 radical (unpaired) electrons. The van der Waals surface area contributed by atoms with E-state index in [1.165, 1.54) is 5.56 Å². The first-order chi connectivity index (χ1) is 8.19. The highest BCUT2D eigenvalue weighted by Gasteiger charge is 2.07. The minimum Gasteiger partial charge on any atom is -0.496 e. The summed E-state index contributed by atoms with van der Waals surface area (Å²) in [6.07, 6.45) is 1.03. The molecule has 0 saturated carbocycles. The van der Waals surface area contributed by atoms with Crippen molar-refractivity contribution in [3.63, 3.8) is 0 Å². The summed E-state index contributed by atoms with van der Waals surface area (Å²) in [7, 11) is 3.40. The first-order valence-corrected chi connectivity index (χ1v) is 6.54. The van der Waals surface area contributed by atoms with Crippen molar-refractivity contribution < 1.29 is 9.47 Å². The first-order valence-electron chi connectivity index (χ1n) is 5.74. The molecule has 1 N–H and O–H groups in total. The molecule has 0 heterocycles. The van der Waals surface area contributed by atoms with Crippen LogP contribution in [0.25, 0.3) is 0 Å². The fraction of sp³-hybridized carbons (Fsp3) is 0.538. The Balaban J connectivity index is 2.51. The Morgan fingerprint density at radius 2 is 2.12 bits per heavy atom. The summed E-state index contributed by atoms with van der Waals surface area (Å²) < 4.78 is 11.2. The molecule has 0 aromatic heterocycles. The molecule has 4 heteroatoms. The van der Waals surface area contributed by atoms with E-state index in [-0.39, 0.29) is 0 Å². The molecule has 0 spiro atoms. The van der Waals surface area contributed by atoms with E-state index in [1.807, 2.05) is 6.07 Å². The van der Waals surface area contributed by atoms with Gasteiger partial charge in [-0.3, -0.25) is 0 Å². The van der Waals surface area contributed by atoms with Crippen LogP contribution in [0.4, 0.5) is 0 Å². The smallest absolute Gasteiger partial charge is 0.133 e. The topological polar surface area (TPSA) is 30.5 Å². The molecule has 0 aliphatic carbocycles. The second kappa shape index (κ2) is 7.69. The summed E-state index contributed by atoms with van der Waals surface area (Å²) in [5, 5.41) is 3.46.